The van der Waals surface area contributed by atoms with Crippen LogP contribution in [0.15, 0.2) is 182 Å². The molecule has 10 rings (SSSR count). The van der Waals surface area contributed by atoms with E-state index < -0.39 is 0 Å². The van der Waals surface area contributed by atoms with E-state index in [2.05, 4.69) is 126 Å². The number of benzene rings is 8. The van der Waals surface area contributed by atoms with Crippen molar-refractivity contribution in [2.24, 2.45) is 0 Å². The average molecular weight is 651 g/mol. The highest BCUT2D eigenvalue weighted by Gasteiger charge is 2.19. The molecular weight excluding hydrogens is 621 g/mol. The molecule has 0 aliphatic carbocycles. The molecule has 2 heterocycles. The second-order valence-electron chi connectivity index (χ2n) is 12.9. The van der Waals surface area contributed by atoms with E-state index in [9.17, 15) is 0 Å². The molecule has 0 atom stereocenters. The zero-order valence-corrected chi connectivity index (χ0v) is 27.6. The van der Waals surface area contributed by atoms with E-state index in [0.29, 0.717) is 17.5 Å². The number of fused-ring (bicyclic) bond motifs is 6. The van der Waals surface area contributed by atoms with Gasteiger partial charge in [0, 0.05) is 33.2 Å². The average Bonchev–Trinajstić information content (AvgIpc) is 3.53. The number of hydrogen-bond donors (Lipinski definition) is 0. The lowest BCUT2D eigenvalue weighted by atomic mass is 9.92. The Morgan fingerprint density at radius 1 is 0.314 bits per heavy atom. The van der Waals surface area contributed by atoms with Gasteiger partial charge in [0.25, 0.3) is 0 Å². The Morgan fingerprint density at radius 2 is 0.843 bits per heavy atom. The van der Waals surface area contributed by atoms with Crippen molar-refractivity contribution < 1.29 is 0 Å². The van der Waals surface area contributed by atoms with Gasteiger partial charge in [-0.25, -0.2) is 15.0 Å². The molecule has 0 amide bonds. The van der Waals surface area contributed by atoms with E-state index in [1.165, 1.54) is 38.1 Å². The molecule has 0 aliphatic heterocycles. The molecule has 238 valence electrons. The zero-order valence-electron chi connectivity index (χ0n) is 27.6. The third-order valence-electron chi connectivity index (χ3n) is 9.80. The third-order valence-corrected chi connectivity index (χ3v) is 9.80. The van der Waals surface area contributed by atoms with Crippen molar-refractivity contribution in [2.45, 2.75) is 0 Å². The molecule has 0 saturated carbocycles. The lowest BCUT2D eigenvalue weighted by Crippen LogP contribution is -2.00. The van der Waals surface area contributed by atoms with Crippen LogP contribution in [-0.2, 0) is 0 Å². The summed E-state index contributed by atoms with van der Waals surface area (Å²) in [5.74, 6) is 1.94. The van der Waals surface area contributed by atoms with Crippen LogP contribution in [0.3, 0.4) is 0 Å². The van der Waals surface area contributed by atoms with Crippen molar-refractivity contribution in [1.82, 2.24) is 19.5 Å². The molecule has 0 aliphatic rings. The summed E-state index contributed by atoms with van der Waals surface area (Å²) < 4.78 is 2.38. The van der Waals surface area contributed by atoms with Crippen LogP contribution in [-0.4, -0.2) is 19.5 Å². The molecule has 4 heteroatoms. The fourth-order valence-electron chi connectivity index (χ4n) is 7.40. The highest BCUT2D eigenvalue weighted by molar-refractivity contribution is 6.21. The van der Waals surface area contributed by atoms with Crippen LogP contribution in [0.5, 0.6) is 0 Å². The molecular formula is C47H30N4. The molecule has 0 radical (unpaired) electrons. The van der Waals surface area contributed by atoms with E-state index in [0.717, 1.165) is 38.8 Å². The van der Waals surface area contributed by atoms with Gasteiger partial charge >= 0.3 is 0 Å². The number of para-hydroxylation sites is 1. The van der Waals surface area contributed by atoms with Gasteiger partial charge in [-0.3, -0.25) is 0 Å². The Hall–Kier alpha value is -6.91. The van der Waals surface area contributed by atoms with Crippen molar-refractivity contribution in [3.05, 3.63) is 182 Å². The minimum absolute atomic E-state index is 0.641. The van der Waals surface area contributed by atoms with Crippen LogP contribution >= 0.6 is 0 Å². The van der Waals surface area contributed by atoms with Gasteiger partial charge in [-0.2, -0.15) is 0 Å². The van der Waals surface area contributed by atoms with Crippen LogP contribution in [0, 0.1) is 0 Å². The monoisotopic (exact) mass is 650 g/mol. The molecule has 8 aromatic carbocycles. The van der Waals surface area contributed by atoms with Crippen molar-refractivity contribution in [3.8, 4) is 51.0 Å². The van der Waals surface area contributed by atoms with Gasteiger partial charge in [0.05, 0.1) is 11.0 Å². The Labute approximate surface area is 295 Å². The minimum Gasteiger partial charge on any atom is -0.309 e. The third kappa shape index (κ3) is 4.96. The Bertz CT molecular complexity index is 2820. The van der Waals surface area contributed by atoms with Crippen LogP contribution < -0.4 is 0 Å². The standard InChI is InChI=1S/C47H30N4/c1-5-15-31(16-6-1)38-27-34-21-13-14-24-37(34)40-30-44-42(29-39(38)40)41-28-35(25-26-43(41)51(44)36-22-11-4-12-23-36)47-49-45(32-17-7-2-8-18-32)48-46(50-47)33-19-9-3-10-20-33/h1-30H. The van der Waals surface area contributed by atoms with Gasteiger partial charge in [-0.1, -0.05) is 133 Å². The van der Waals surface area contributed by atoms with E-state index in [-0.39, 0.29) is 0 Å². The van der Waals surface area contributed by atoms with Crippen LogP contribution in [0.4, 0.5) is 0 Å². The van der Waals surface area contributed by atoms with E-state index in [1.54, 1.807) is 0 Å². The van der Waals surface area contributed by atoms with Gasteiger partial charge in [-0.15, -0.1) is 0 Å². The maximum Gasteiger partial charge on any atom is 0.164 e. The Morgan fingerprint density at radius 3 is 1.49 bits per heavy atom. The number of aromatic nitrogens is 4. The molecule has 4 nitrogen and oxygen atoms in total. The number of hydrogen-bond acceptors (Lipinski definition) is 3. The van der Waals surface area contributed by atoms with Crippen molar-refractivity contribution in [2.75, 3.05) is 0 Å². The van der Waals surface area contributed by atoms with Crippen molar-refractivity contribution in [1.29, 1.82) is 0 Å². The number of nitrogens with zero attached hydrogens (tertiary/aromatic N) is 4. The zero-order chi connectivity index (χ0) is 33.7. The van der Waals surface area contributed by atoms with Gasteiger partial charge in [0.15, 0.2) is 17.5 Å². The predicted molar refractivity (Wildman–Crippen MR) is 211 cm³/mol. The molecule has 51 heavy (non-hydrogen) atoms. The normalized spacial score (nSPS) is 11.5. The number of rotatable bonds is 5. The lowest BCUT2D eigenvalue weighted by molar-refractivity contribution is 1.07. The summed E-state index contributed by atoms with van der Waals surface area (Å²) >= 11 is 0. The van der Waals surface area contributed by atoms with Crippen LogP contribution in [0.2, 0.25) is 0 Å². The highest BCUT2D eigenvalue weighted by Crippen LogP contribution is 2.42. The Kier molecular flexibility index (Phi) is 6.78. The summed E-state index contributed by atoms with van der Waals surface area (Å²) in [6, 6.07) is 64.1. The van der Waals surface area contributed by atoms with E-state index in [1.807, 2.05) is 60.7 Å². The molecule has 2 aromatic heterocycles. The first-order valence-electron chi connectivity index (χ1n) is 17.2. The van der Waals surface area contributed by atoms with Gasteiger partial charge < -0.3 is 4.57 Å². The fourth-order valence-corrected chi connectivity index (χ4v) is 7.40. The minimum atomic E-state index is 0.641. The summed E-state index contributed by atoms with van der Waals surface area (Å²) in [4.78, 5) is 15.0. The SMILES string of the molecule is c1ccc(-c2nc(-c3ccccc3)nc(-c3ccc4c(c3)c3cc5c(-c6ccccc6)cc6ccccc6c5cc3n4-c3ccccc3)n2)cc1. The van der Waals surface area contributed by atoms with E-state index in [4.69, 9.17) is 15.0 Å². The first-order valence-corrected chi connectivity index (χ1v) is 17.2. The molecule has 0 unspecified atom stereocenters. The van der Waals surface area contributed by atoms with Gasteiger partial charge in [0.2, 0.25) is 0 Å². The first kappa shape index (κ1) is 29.0. The summed E-state index contributed by atoms with van der Waals surface area (Å²) in [5.41, 5.74) is 8.66. The van der Waals surface area contributed by atoms with Gasteiger partial charge in [-0.05, 0) is 81.2 Å². The second-order valence-corrected chi connectivity index (χ2v) is 12.9. The van der Waals surface area contributed by atoms with E-state index >= 15 is 0 Å². The molecule has 0 fully saturated rings. The summed E-state index contributed by atoms with van der Waals surface area (Å²) in [5, 5.41) is 7.25. The molecule has 0 N–H and O–H groups in total. The highest BCUT2D eigenvalue weighted by atomic mass is 15.0. The quantitative estimate of drug-likeness (QED) is 0.174. The fraction of sp³-hybridized carbons (Fsp3) is 0. The first-order chi connectivity index (χ1) is 25.3. The topological polar surface area (TPSA) is 43.6 Å². The predicted octanol–water partition coefficient (Wildman–Crippen LogP) is 11.9. The molecule has 0 saturated heterocycles. The van der Waals surface area contributed by atoms with Crippen molar-refractivity contribution in [3.63, 3.8) is 0 Å². The molecule has 10 aromatic rings. The largest absolute Gasteiger partial charge is 0.309 e. The van der Waals surface area contributed by atoms with Crippen LogP contribution in [0.25, 0.3) is 94.3 Å². The summed E-state index contributed by atoms with van der Waals surface area (Å²) in [6.45, 7) is 0. The Balaban J connectivity index is 1.28. The maximum atomic E-state index is 5.06. The molecule has 0 spiro atoms. The van der Waals surface area contributed by atoms with Crippen molar-refractivity contribution >= 4 is 43.4 Å². The smallest absolute Gasteiger partial charge is 0.164 e. The lowest BCUT2D eigenvalue weighted by Gasteiger charge is -2.13. The second kappa shape index (κ2) is 11.9. The maximum absolute atomic E-state index is 5.06. The molecule has 0 bridgehead atoms. The van der Waals surface area contributed by atoms with Gasteiger partial charge in [0.1, 0.15) is 0 Å². The summed E-state index contributed by atoms with van der Waals surface area (Å²) in [6.07, 6.45) is 0. The summed E-state index contributed by atoms with van der Waals surface area (Å²) in [7, 11) is 0. The van der Waals surface area contributed by atoms with Crippen LogP contribution in [0.1, 0.15) is 0 Å².